The van der Waals surface area contributed by atoms with E-state index in [2.05, 4.69) is 14.2 Å². The van der Waals surface area contributed by atoms with Crippen molar-refractivity contribution in [2.75, 3.05) is 13.2 Å². The van der Waals surface area contributed by atoms with Crippen molar-refractivity contribution in [1.82, 2.24) is 0 Å². The first-order valence-corrected chi connectivity index (χ1v) is 3.56. The second-order valence-electron chi connectivity index (χ2n) is 2.45. The lowest BCUT2D eigenvalue weighted by atomic mass is 10.3. The average molecular weight is 228 g/mol. The van der Waals surface area contributed by atoms with Crippen LogP contribution in [-0.4, -0.2) is 31.3 Å². The third-order valence-electron chi connectivity index (χ3n) is 1.50. The predicted octanol–water partition coefficient (Wildman–Crippen LogP) is 1.36. The van der Waals surface area contributed by atoms with Crippen LogP contribution in [0.25, 0.3) is 0 Å². The Bertz CT molecular complexity index is 315. The molecule has 1 aliphatic heterocycles. The molecule has 84 valence electrons. The minimum absolute atomic E-state index is 0.848. The minimum atomic E-state index is -4.98. The van der Waals surface area contributed by atoms with Crippen LogP contribution in [0.3, 0.4) is 0 Å². The summed E-state index contributed by atoms with van der Waals surface area (Å²) >= 11 is 0. The Morgan fingerprint density at radius 2 is 2.20 bits per heavy atom. The molecule has 0 radical (unpaired) electrons. The van der Waals surface area contributed by atoms with E-state index in [9.17, 15) is 22.4 Å². The number of cyclic esters (lactones) is 2. The number of rotatable bonds is 2. The smallest absolute Gasteiger partial charge is 0.427 e. The molecule has 8 heteroatoms. The lowest BCUT2D eigenvalue weighted by molar-refractivity contribution is -0.346. The molecule has 0 amide bonds. The van der Waals surface area contributed by atoms with Crippen LogP contribution >= 0.6 is 0 Å². The van der Waals surface area contributed by atoms with Crippen molar-refractivity contribution in [3.63, 3.8) is 0 Å². The van der Waals surface area contributed by atoms with E-state index in [0.717, 1.165) is 6.17 Å². The molecule has 1 unspecified atom stereocenters. The Morgan fingerprint density at radius 1 is 1.53 bits per heavy atom. The lowest BCUT2D eigenvalue weighted by Crippen LogP contribution is -2.50. The lowest BCUT2D eigenvalue weighted by Gasteiger charge is -2.25. The Morgan fingerprint density at radius 3 is 2.60 bits per heavy atom. The van der Waals surface area contributed by atoms with Crippen molar-refractivity contribution in [2.24, 2.45) is 0 Å². The summed E-state index contributed by atoms with van der Waals surface area (Å²) in [5, 5.41) is 0. The highest BCUT2D eigenvalue weighted by Crippen LogP contribution is 2.38. The van der Waals surface area contributed by atoms with E-state index in [-0.39, 0.29) is 0 Å². The molecule has 15 heavy (non-hydrogen) atoms. The van der Waals surface area contributed by atoms with Crippen LogP contribution in [0.1, 0.15) is 0 Å². The van der Waals surface area contributed by atoms with Gasteiger partial charge in [-0.2, -0.15) is 13.2 Å². The first-order chi connectivity index (χ1) is 6.91. The van der Waals surface area contributed by atoms with Crippen LogP contribution in [0, 0.1) is 12.1 Å². The van der Waals surface area contributed by atoms with E-state index < -0.39 is 31.3 Å². The highest BCUT2D eigenvalue weighted by Gasteiger charge is 2.64. The van der Waals surface area contributed by atoms with Crippen molar-refractivity contribution in [3.05, 3.63) is 0 Å². The highest BCUT2D eigenvalue weighted by atomic mass is 19.4. The summed E-state index contributed by atoms with van der Waals surface area (Å²) in [6.45, 7) is -2.00. The van der Waals surface area contributed by atoms with Crippen LogP contribution in [0.4, 0.5) is 22.4 Å². The maximum Gasteiger partial charge on any atom is 0.511 e. The normalized spacial score (nSPS) is 25.2. The van der Waals surface area contributed by atoms with Gasteiger partial charge in [-0.3, -0.25) is 0 Å². The Balaban J connectivity index is 2.77. The van der Waals surface area contributed by atoms with Gasteiger partial charge in [0.05, 0.1) is 0 Å². The predicted molar refractivity (Wildman–Crippen MR) is 36.1 cm³/mol. The second-order valence-corrected chi connectivity index (χ2v) is 2.45. The summed E-state index contributed by atoms with van der Waals surface area (Å²) in [6.07, 6.45) is -5.63. The molecule has 0 aromatic carbocycles. The van der Waals surface area contributed by atoms with Crippen molar-refractivity contribution in [1.29, 1.82) is 0 Å². The maximum atomic E-state index is 12.4. The van der Waals surface area contributed by atoms with Gasteiger partial charge in [-0.1, -0.05) is 0 Å². The number of hydrogen-bond acceptors (Lipinski definition) is 4. The van der Waals surface area contributed by atoms with Crippen molar-refractivity contribution in [2.45, 2.75) is 12.0 Å². The van der Waals surface area contributed by atoms with Crippen LogP contribution in [0.5, 0.6) is 0 Å². The van der Waals surface area contributed by atoms with E-state index in [1.807, 2.05) is 0 Å². The fourth-order valence-corrected chi connectivity index (χ4v) is 0.820. The highest BCUT2D eigenvalue weighted by molar-refractivity contribution is 5.62. The monoisotopic (exact) mass is 228 g/mol. The fourth-order valence-electron chi connectivity index (χ4n) is 0.820. The van der Waals surface area contributed by atoms with Crippen molar-refractivity contribution >= 4 is 6.16 Å². The second kappa shape index (κ2) is 3.94. The van der Waals surface area contributed by atoms with Gasteiger partial charge in [0, 0.05) is 0 Å². The summed E-state index contributed by atoms with van der Waals surface area (Å²) in [5.74, 6) is -1.59. The zero-order valence-electron chi connectivity index (χ0n) is 7.06. The van der Waals surface area contributed by atoms with Gasteiger partial charge in [0.2, 0.25) is 0 Å². The first-order valence-electron chi connectivity index (χ1n) is 3.56. The molecule has 1 rings (SSSR count). The van der Waals surface area contributed by atoms with Crippen LogP contribution < -0.4 is 0 Å². The first kappa shape index (κ1) is 11.6. The molecule has 1 saturated heterocycles. The maximum absolute atomic E-state index is 12.4. The average Bonchev–Trinajstić information content (AvgIpc) is 2.48. The molecule has 0 aromatic rings. The summed E-state index contributed by atoms with van der Waals surface area (Å²) in [7, 11) is 0. The molecule has 1 heterocycles. The third-order valence-corrected chi connectivity index (χ3v) is 1.50. The zero-order valence-corrected chi connectivity index (χ0v) is 7.06. The number of carbonyl (C=O) groups is 1. The van der Waals surface area contributed by atoms with E-state index in [0.29, 0.717) is 0 Å². The topological polar surface area (TPSA) is 44.8 Å². The van der Waals surface area contributed by atoms with E-state index in [4.69, 9.17) is 0 Å². The Kier molecular flexibility index (Phi) is 3.04. The van der Waals surface area contributed by atoms with Gasteiger partial charge in [-0.05, 0) is 5.92 Å². The van der Waals surface area contributed by atoms with Gasteiger partial charge in [0.15, 0.2) is 6.61 Å². The number of hydrogen-bond donors (Lipinski definition) is 0. The molecular formula is C7H4F4O4. The molecule has 0 aliphatic carbocycles. The van der Waals surface area contributed by atoms with E-state index in [1.165, 1.54) is 0 Å². The molecule has 0 spiro atoms. The van der Waals surface area contributed by atoms with Gasteiger partial charge in [-0.15, -0.1) is 4.39 Å². The molecule has 1 fully saturated rings. The van der Waals surface area contributed by atoms with Gasteiger partial charge in [0.25, 0.3) is 0 Å². The van der Waals surface area contributed by atoms with Gasteiger partial charge < -0.3 is 14.2 Å². The number of alkyl halides is 3. The number of halogens is 4. The van der Waals surface area contributed by atoms with Crippen LogP contribution in [0.15, 0.2) is 0 Å². The minimum Gasteiger partial charge on any atom is -0.427 e. The summed E-state index contributed by atoms with van der Waals surface area (Å²) in [5.41, 5.74) is 0. The van der Waals surface area contributed by atoms with Gasteiger partial charge >= 0.3 is 18.1 Å². The van der Waals surface area contributed by atoms with Crippen LogP contribution in [0.2, 0.25) is 0 Å². The Hall–Kier alpha value is -1.49. The molecule has 0 saturated carbocycles. The van der Waals surface area contributed by atoms with Crippen molar-refractivity contribution < 1.29 is 36.6 Å². The zero-order chi connectivity index (χ0) is 11.5. The largest absolute Gasteiger partial charge is 0.511 e. The Labute approximate surface area is 81.1 Å². The SMILES string of the molecule is O=C1OCC(OCC#CF)(C(F)(F)F)O1. The molecule has 1 aliphatic rings. The summed E-state index contributed by atoms with van der Waals surface area (Å²) < 4.78 is 60.5. The fraction of sp³-hybridized carbons (Fsp3) is 0.571. The van der Waals surface area contributed by atoms with Crippen molar-refractivity contribution in [3.8, 4) is 12.1 Å². The molecule has 1 atom stereocenters. The van der Waals surface area contributed by atoms with E-state index >= 15 is 0 Å². The quantitative estimate of drug-likeness (QED) is 0.406. The van der Waals surface area contributed by atoms with Gasteiger partial charge in [0.1, 0.15) is 12.8 Å². The van der Waals surface area contributed by atoms with Crippen LogP contribution in [-0.2, 0) is 14.2 Å². The number of ether oxygens (including phenoxy) is 3. The summed E-state index contributed by atoms with van der Waals surface area (Å²) in [6, 6.07) is 0. The number of carbonyl (C=O) groups excluding carboxylic acids is 1. The molecule has 0 N–H and O–H groups in total. The molecule has 4 nitrogen and oxygen atoms in total. The molecular weight excluding hydrogens is 224 g/mol. The van der Waals surface area contributed by atoms with Gasteiger partial charge in [-0.25, -0.2) is 4.79 Å². The molecule has 0 aromatic heterocycles. The third kappa shape index (κ3) is 2.30. The molecule has 0 bridgehead atoms. The standard InChI is InChI=1S/C7H4F4O4/c8-2-1-3-14-6(7(9,10)11)4-13-5(12)15-6/h3-4H2. The summed E-state index contributed by atoms with van der Waals surface area (Å²) in [4.78, 5) is 10.4. The van der Waals surface area contributed by atoms with E-state index in [1.54, 1.807) is 5.92 Å².